The van der Waals surface area contributed by atoms with Crippen LogP contribution in [0.4, 0.5) is 11.5 Å². The largest absolute Gasteiger partial charge is 0.496 e. The lowest BCUT2D eigenvalue weighted by molar-refractivity contribution is 0.0600. The van der Waals surface area contributed by atoms with Crippen molar-refractivity contribution in [3.05, 3.63) is 83.6 Å². The molecule has 2 N–H and O–H groups in total. The molecule has 0 atom stereocenters. The van der Waals surface area contributed by atoms with Crippen LogP contribution in [0.15, 0.2) is 66.9 Å². The van der Waals surface area contributed by atoms with Gasteiger partial charge in [-0.15, -0.1) is 0 Å². The molecule has 0 radical (unpaired) electrons. The van der Waals surface area contributed by atoms with Crippen molar-refractivity contribution in [1.82, 2.24) is 10.3 Å². The average Bonchev–Trinajstić information content (AvgIpc) is 2.77. The quantitative estimate of drug-likeness (QED) is 0.599. The van der Waals surface area contributed by atoms with Gasteiger partial charge in [0.15, 0.2) is 0 Å². The second-order valence-electron chi connectivity index (χ2n) is 6.12. The molecule has 29 heavy (non-hydrogen) atoms. The summed E-state index contributed by atoms with van der Waals surface area (Å²) in [4.78, 5) is 28.3. The number of carbonyl (C=O) groups excluding carboxylic acids is 2. The van der Waals surface area contributed by atoms with Crippen LogP contribution in [-0.2, 0) is 11.3 Å². The van der Waals surface area contributed by atoms with E-state index < -0.39 is 5.97 Å². The fraction of sp³-hybridized carbons (Fsp3) is 0.136. The topological polar surface area (TPSA) is 89.5 Å². The number of hydrogen-bond donors (Lipinski definition) is 2. The maximum absolute atomic E-state index is 12.4. The summed E-state index contributed by atoms with van der Waals surface area (Å²) in [5.41, 5.74) is 2.45. The lowest BCUT2D eigenvalue weighted by Crippen LogP contribution is -2.23. The third-order valence-corrected chi connectivity index (χ3v) is 4.21. The molecule has 7 heteroatoms. The van der Waals surface area contributed by atoms with Gasteiger partial charge in [0.25, 0.3) is 5.91 Å². The number of rotatable bonds is 7. The highest BCUT2D eigenvalue weighted by molar-refractivity contribution is 5.94. The molecule has 148 valence electrons. The number of aromatic nitrogens is 1. The van der Waals surface area contributed by atoms with Crippen LogP contribution in [0.5, 0.6) is 5.75 Å². The second-order valence-corrected chi connectivity index (χ2v) is 6.12. The van der Waals surface area contributed by atoms with Crippen LogP contribution < -0.4 is 15.4 Å². The average molecular weight is 391 g/mol. The van der Waals surface area contributed by atoms with Crippen molar-refractivity contribution < 1.29 is 19.1 Å². The lowest BCUT2D eigenvalue weighted by Gasteiger charge is -2.10. The van der Waals surface area contributed by atoms with E-state index in [1.807, 2.05) is 30.3 Å². The number of methoxy groups -OCH3 is 2. The molecule has 0 bridgehead atoms. The number of para-hydroxylation sites is 1. The zero-order valence-electron chi connectivity index (χ0n) is 16.1. The fourth-order valence-electron chi connectivity index (χ4n) is 2.72. The number of esters is 1. The number of ether oxygens (including phenoxy) is 2. The highest BCUT2D eigenvalue weighted by atomic mass is 16.5. The van der Waals surface area contributed by atoms with Gasteiger partial charge in [-0.25, -0.2) is 9.78 Å². The Kier molecular flexibility index (Phi) is 6.42. The number of nitrogens with one attached hydrogen (secondary N) is 2. The Morgan fingerprint density at radius 3 is 2.52 bits per heavy atom. The van der Waals surface area contributed by atoms with Gasteiger partial charge in [0.1, 0.15) is 11.6 Å². The van der Waals surface area contributed by atoms with Gasteiger partial charge in [-0.3, -0.25) is 4.79 Å². The number of anilines is 2. The Morgan fingerprint density at radius 2 is 1.79 bits per heavy atom. The molecule has 0 aliphatic heterocycles. The molecule has 0 aliphatic rings. The molecule has 1 heterocycles. The van der Waals surface area contributed by atoms with Crippen molar-refractivity contribution in [2.75, 3.05) is 19.5 Å². The second kappa shape index (κ2) is 9.36. The smallest absolute Gasteiger partial charge is 0.337 e. The summed E-state index contributed by atoms with van der Waals surface area (Å²) in [5, 5.41) is 5.95. The van der Waals surface area contributed by atoms with E-state index >= 15 is 0 Å². The monoisotopic (exact) mass is 391 g/mol. The lowest BCUT2D eigenvalue weighted by atomic mass is 10.2. The van der Waals surface area contributed by atoms with Crippen LogP contribution in [0.2, 0.25) is 0 Å². The van der Waals surface area contributed by atoms with Gasteiger partial charge in [-0.1, -0.05) is 24.3 Å². The van der Waals surface area contributed by atoms with Crippen molar-refractivity contribution >= 4 is 23.4 Å². The Labute approximate surface area is 168 Å². The number of benzene rings is 2. The van der Waals surface area contributed by atoms with Crippen molar-refractivity contribution in [1.29, 1.82) is 0 Å². The van der Waals surface area contributed by atoms with E-state index in [1.165, 1.54) is 13.3 Å². The zero-order chi connectivity index (χ0) is 20.6. The van der Waals surface area contributed by atoms with E-state index in [-0.39, 0.29) is 5.91 Å². The molecule has 2 aromatic carbocycles. The molecule has 0 saturated heterocycles. The SMILES string of the molecule is COC(=O)c1cccc(Nc2ccc(C(=O)NCc3ccccc3OC)cn2)c1. The van der Waals surface area contributed by atoms with Crippen LogP contribution in [0, 0.1) is 0 Å². The van der Waals surface area contributed by atoms with Crippen molar-refractivity contribution in [3.8, 4) is 5.75 Å². The summed E-state index contributed by atoms with van der Waals surface area (Å²) in [6, 6.07) is 17.8. The maximum atomic E-state index is 12.4. The number of amides is 1. The molecule has 0 saturated carbocycles. The first-order valence-corrected chi connectivity index (χ1v) is 8.92. The summed E-state index contributed by atoms with van der Waals surface area (Å²) >= 11 is 0. The normalized spacial score (nSPS) is 10.1. The van der Waals surface area contributed by atoms with E-state index in [1.54, 1.807) is 37.4 Å². The van der Waals surface area contributed by atoms with E-state index in [0.717, 1.165) is 11.3 Å². The van der Waals surface area contributed by atoms with E-state index in [0.29, 0.717) is 29.2 Å². The number of nitrogens with zero attached hydrogens (tertiary/aromatic N) is 1. The highest BCUT2D eigenvalue weighted by Crippen LogP contribution is 2.18. The van der Waals surface area contributed by atoms with Gasteiger partial charge in [0.2, 0.25) is 0 Å². The summed E-state index contributed by atoms with van der Waals surface area (Å²) in [6.07, 6.45) is 1.49. The van der Waals surface area contributed by atoms with E-state index in [2.05, 4.69) is 15.6 Å². The molecule has 0 fully saturated rings. The standard InChI is InChI=1S/C22H21N3O4/c1-28-19-9-4-3-6-16(19)13-24-21(26)17-10-11-20(23-14-17)25-18-8-5-7-15(12-18)22(27)29-2/h3-12,14H,13H2,1-2H3,(H,23,25)(H,24,26). The van der Waals surface area contributed by atoms with E-state index in [4.69, 9.17) is 9.47 Å². The Morgan fingerprint density at radius 1 is 0.966 bits per heavy atom. The summed E-state index contributed by atoms with van der Waals surface area (Å²) < 4.78 is 10.0. The molecule has 0 unspecified atom stereocenters. The van der Waals surface area contributed by atoms with Gasteiger partial charge in [-0.2, -0.15) is 0 Å². The minimum Gasteiger partial charge on any atom is -0.496 e. The Hall–Kier alpha value is -3.87. The minimum atomic E-state index is -0.413. The van der Waals surface area contributed by atoms with Crippen LogP contribution in [0.3, 0.4) is 0 Å². The number of carbonyl (C=O) groups is 2. The summed E-state index contributed by atoms with van der Waals surface area (Å²) in [5.74, 6) is 0.624. The number of hydrogen-bond acceptors (Lipinski definition) is 6. The molecule has 3 rings (SSSR count). The van der Waals surface area contributed by atoms with Crippen molar-refractivity contribution in [2.24, 2.45) is 0 Å². The molecule has 0 spiro atoms. The van der Waals surface area contributed by atoms with Gasteiger partial charge < -0.3 is 20.1 Å². The molecule has 7 nitrogen and oxygen atoms in total. The van der Waals surface area contributed by atoms with Crippen molar-refractivity contribution in [3.63, 3.8) is 0 Å². The predicted octanol–water partition coefficient (Wildman–Crippen LogP) is 3.55. The third-order valence-electron chi connectivity index (χ3n) is 4.21. The van der Waals surface area contributed by atoms with Crippen LogP contribution in [-0.4, -0.2) is 31.1 Å². The van der Waals surface area contributed by atoms with Crippen molar-refractivity contribution in [2.45, 2.75) is 6.54 Å². The van der Waals surface area contributed by atoms with E-state index in [9.17, 15) is 9.59 Å². The van der Waals surface area contributed by atoms with Gasteiger partial charge >= 0.3 is 5.97 Å². The maximum Gasteiger partial charge on any atom is 0.337 e. The minimum absolute atomic E-state index is 0.234. The summed E-state index contributed by atoms with van der Waals surface area (Å²) in [7, 11) is 2.93. The number of pyridine rings is 1. The van der Waals surface area contributed by atoms with Crippen LogP contribution in [0.25, 0.3) is 0 Å². The van der Waals surface area contributed by atoms with Gasteiger partial charge in [0, 0.05) is 24.0 Å². The first kappa shape index (κ1) is 19.9. The Bertz CT molecular complexity index is 1000. The van der Waals surface area contributed by atoms with Crippen LogP contribution >= 0.6 is 0 Å². The highest BCUT2D eigenvalue weighted by Gasteiger charge is 2.09. The predicted molar refractivity (Wildman–Crippen MR) is 109 cm³/mol. The molecular formula is C22H21N3O4. The first-order chi connectivity index (χ1) is 14.1. The van der Waals surface area contributed by atoms with Gasteiger partial charge in [-0.05, 0) is 36.4 Å². The molecule has 1 amide bonds. The molecule has 3 aromatic rings. The zero-order valence-corrected chi connectivity index (χ0v) is 16.1. The molecular weight excluding hydrogens is 370 g/mol. The fourth-order valence-corrected chi connectivity index (χ4v) is 2.72. The summed E-state index contributed by atoms with van der Waals surface area (Å²) in [6.45, 7) is 0.350. The third kappa shape index (κ3) is 5.10. The van der Waals surface area contributed by atoms with Gasteiger partial charge in [0.05, 0.1) is 25.3 Å². The van der Waals surface area contributed by atoms with Crippen LogP contribution in [0.1, 0.15) is 26.3 Å². The first-order valence-electron chi connectivity index (χ1n) is 8.92. The molecule has 0 aliphatic carbocycles. The Balaban J connectivity index is 1.62. The molecule has 1 aromatic heterocycles.